The third-order valence-corrected chi connectivity index (χ3v) is 3.63. The van der Waals surface area contributed by atoms with E-state index >= 15 is 0 Å². The molecule has 1 saturated heterocycles. The number of tetrazole rings is 1. The second-order valence-corrected chi connectivity index (χ2v) is 5.00. The first-order valence-electron chi connectivity index (χ1n) is 7.07. The Hall–Kier alpha value is -2.28. The highest BCUT2D eigenvalue weighted by molar-refractivity contribution is 5.97. The van der Waals surface area contributed by atoms with E-state index in [1.54, 1.807) is 0 Å². The van der Waals surface area contributed by atoms with Gasteiger partial charge in [-0.15, -0.1) is 10.2 Å². The van der Waals surface area contributed by atoms with Crippen LogP contribution in [0.5, 0.6) is 0 Å². The molecule has 1 aliphatic rings. The minimum Gasteiger partial charge on any atom is -0.365 e. The van der Waals surface area contributed by atoms with Crippen molar-refractivity contribution in [3.63, 3.8) is 0 Å². The number of anilines is 1. The minimum absolute atomic E-state index is 0.123. The lowest BCUT2D eigenvalue weighted by molar-refractivity contribution is -0.126. The second kappa shape index (κ2) is 6.01. The van der Waals surface area contributed by atoms with Crippen molar-refractivity contribution in [2.24, 2.45) is 0 Å². The molecule has 2 unspecified atom stereocenters. The highest BCUT2D eigenvalue weighted by Gasteiger charge is 2.30. The average Bonchev–Trinajstić information content (AvgIpc) is 3.19. The molecule has 7 heteroatoms. The zero-order valence-corrected chi connectivity index (χ0v) is 11.7. The van der Waals surface area contributed by atoms with Gasteiger partial charge in [0.05, 0.1) is 11.8 Å². The Kier molecular flexibility index (Phi) is 3.92. The minimum atomic E-state index is -0.381. The molecule has 1 aromatic heterocycles. The summed E-state index contributed by atoms with van der Waals surface area (Å²) in [6.45, 7) is 2.07. The largest absolute Gasteiger partial charge is 0.365 e. The molecule has 110 valence electrons. The standard InChI is InChI=1S/C14H17N5O2/c1-2-9-7-8-12(21-9)14(20)15-11-6-4-3-5-10(11)13-16-18-19-17-13/h3-6,9,12H,2,7-8H2,1H3,(H,15,20)(H,16,17,18,19). The summed E-state index contributed by atoms with van der Waals surface area (Å²) in [7, 11) is 0. The van der Waals surface area contributed by atoms with Crippen LogP contribution >= 0.6 is 0 Å². The monoisotopic (exact) mass is 287 g/mol. The molecular weight excluding hydrogens is 270 g/mol. The van der Waals surface area contributed by atoms with E-state index in [1.807, 2.05) is 24.3 Å². The molecule has 0 bridgehead atoms. The number of hydrogen-bond donors (Lipinski definition) is 2. The highest BCUT2D eigenvalue weighted by atomic mass is 16.5. The first kappa shape index (κ1) is 13.7. The molecule has 21 heavy (non-hydrogen) atoms. The van der Waals surface area contributed by atoms with Gasteiger partial charge in [0.25, 0.3) is 5.91 Å². The lowest BCUT2D eigenvalue weighted by Crippen LogP contribution is -2.28. The van der Waals surface area contributed by atoms with Crippen LogP contribution in [0.25, 0.3) is 11.4 Å². The number of amides is 1. The maximum atomic E-state index is 12.3. The van der Waals surface area contributed by atoms with Gasteiger partial charge >= 0.3 is 0 Å². The van der Waals surface area contributed by atoms with Crippen LogP contribution in [0.1, 0.15) is 26.2 Å². The molecule has 2 aromatic rings. The molecule has 0 saturated carbocycles. The molecule has 1 amide bonds. The fourth-order valence-corrected chi connectivity index (χ4v) is 2.48. The Labute approximate surface area is 122 Å². The quantitative estimate of drug-likeness (QED) is 0.893. The van der Waals surface area contributed by atoms with E-state index < -0.39 is 0 Å². The number of rotatable bonds is 4. The maximum Gasteiger partial charge on any atom is 0.253 e. The van der Waals surface area contributed by atoms with Gasteiger partial charge < -0.3 is 10.1 Å². The van der Waals surface area contributed by atoms with Crippen molar-refractivity contribution in [3.05, 3.63) is 24.3 Å². The van der Waals surface area contributed by atoms with Crippen molar-refractivity contribution in [2.45, 2.75) is 38.4 Å². The Morgan fingerprint density at radius 3 is 3.00 bits per heavy atom. The first-order valence-corrected chi connectivity index (χ1v) is 7.07. The molecule has 1 fully saturated rings. The van der Waals surface area contributed by atoms with E-state index in [2.05, 4.69) is 32.9 Å². The topological polar surface area (TPSA) is 92.8 Å². The molecule has 0 spiro atoms. The van der Waals surface area contributed by atoms with Gasteiger partial charge in [0.1, 0.15) is 6.10 Å². The summed E-state index contributed by atoms with van der Waals surface area (Å²) in [5, 5.41) is 16.7. The molecule has 2 heterocycles. The molecule has 3 rings (SSSR count). The zero-order valence-electron chi connectivity index (χ0n) is 11.7. The normalized spacial score (nSPS) is 21.4. The smallest absolute Gasteiger partial charge is 0.253 e. The predicted octanol–water partition coefficient (Wildman–Crippen LogP) is 1.76. The number of H-pyrrole nitrogens is 1. The fraction of sp³-hybridized carbons (Fsp3) is 0.429. The van der Waals surface area contributed by atoms with E-state index in [-0.39, 0.29) is 18.1 Å². The number of aromatic nitrogens is 4. The molecular formula is C14H17N5O2. The van der Waals surface area contributed by atoms with Gasteiger partial charge in [-0.25, -0.2) is 0 Å². The third kappa shape index (κ3) is 2.92. The fourth-order valence-electron chi connectivity index (χ4n) is 2.48. The van der Waals surface area contributed by atoms with Gasteiger partial charge in [-0.3, -0.25) is 4.79 Å². The van der Waals surface area contributed by atoms with Gasteiger partial charge in [0.15, 0.2) is 0 Å². The van der Waals surface area contributed by atoms with E-state index in [9.17, 15) is 4.79 Å². The van der Waals surface area contributed by atoms with Gasteiger partial charge in [0, 0.05) is 5.56 Å². The van der Waals surface area contributed by atoms with E-state index in [1.165, 1.54) is 0 Å². The van der Waals surface area contributed by atoms with E-state index in [0.29, 0.717) is 11.5 Å². The average molecular weight is 287 g/mol. The number of nitrogens with one attached hydrogen (secondary N) is 2. The SMILES string of the molecule is CCC1CCC(C(=O)Nc2ccccc2-c2nn[nH]n2)O1. The maximum absolute atomic E-state index is 12.3. The van der Waals surface area contributed by atoms with Crippen LogP contribution in [-0.2, 0) is 9.53 Å². The summed E-state index contributed by atoms with van der Waals surface area (Å²) in [6, 6.07) is 7.37. The van der Waals surface area contributed by atoms with Gasteiger partial charge in [-0.1, -0.05) is 19.1 Å². The highest BCUT2D eigenvalue weighted by Crippen LogP contribution is 2.27. The van der Waals surface area contributed by atoms with Crippen molar-refractivity contribution in [3.8, 4) is 11.4 Å². The molecule has 0 radical (unpaired) electrons. The second-order valence-electron chi connectivity index (χ2n) is 5.00. The van der Waals surface area contributed by atoms with Crippen LogP contribution in [0.15, 0.2) is 24.3 Å². The van der Waals surface area contributed by atoms with Gasteiger partial charge in [0.2, 0.25) is 5.82 Å². The Bertz CT molecular complexity index is 614. The van der Waals surface area contributed by atoms with Crippen LogP contribution in [0, 0.1) is 0 Å². The lowest BCUT2D eigenvalue weighted by atomic mass is 10.1. The van der Waals surface area contributed by atoms with Crippen molar-refractivity contribution in [1.29, 1.82) is 0 Å². The van der Waals surface area contributed by atoms with Crippen LogP contribution in [0.4, 0.5) is 5.69 Å². The molecule has 2 N–H and O–H groups in total. The lowest BCUT2D eigenvalue weighted by Gasteiger charge is -2.14. The van der Waals surface area contributed by atoms with E-state index in [0.717, 1.165) is 24.8 Å². The summed E-state index contributed by atoms with van der Waals surface area (Å²) >= 11 is 0. The predicted molar refractivity (Wildman–Crippen MR) is 76.4 cm³/mol. The number of carbonyl (C=O) groups is 1. The summed E-state index contributed by atoms with van der Waals surface area (Å²) in [4.78, 5) is 12.3. The number of aromatic amines is 1. The number of benzene rings is 1. The van der Waals surface area contributed by atoms with Crippen molar-refractivity contribution >= 4 is 11.6 Å². The summed E-state index contributed by atoms with van der Waals surface area (Å²) in [6.07, 6.45) is 2.43. The molecule has 2 atom stereocenters. The first-order chi connectivity index (χ1) is 10.3. The number of nitrogens with zero attached hydrogens (tertiary/aromatic N) is 3. The Morgan fingerprint density at radius 1 is 1.43 bits per heavy atom. The molecule has 1 aromatic carbocycles. The van der Waals surface area contributed by atoms with E-state index in [4.69, 9.17) is 4.74 Å². The number of hydrogen-bond acceptors (Lipinski definition) is 5. The van der Waals surface area contributed by atoms with Crippen molar-refractivity contribution in [2.75, 3.05) is 5.32 Å². The Balaban J connectivity index is 1.75. The van der Waals surface area contributed by atoms with Crippen LogP contribution in [-0.4, -0.2) is 38.7 Å². The van der Waals surface area contributed by atoms with Gasteiger partial charge in [-0.05, 0) is 36.6 Å². The van der Waals surface area contributed by atoms with Crippen molar-refractivity contribution < 1.29 is 9.53 Å². The van der Waals surface area contributed by atoms with Crippen LogP contribution in [0.2, 0.25) is 0 Å². The molecule has 0 aliphatic carbocycles. The summed E-state index contributed by atoms with van der Waals surface area (Å²) in [5.41, 5.74) is 1.39. The third-order valence-electron chi connectivity index (χ3n) is 3.63. The van der Waals surface area contributed by atoms with Crippen molar-refractivity contribution in [1.82, 2.24) is 20.6 Å². The van der Waals surface area contributed by atoms with Crippen LogP contribution < -0.4 is 5.32 Å². The number of para-hydroxylation sites is 1. The Morgan fingerprint density at radius 2 is 2.29 bits per heavy atom. The number of carbonyl (C=O) groups excluding carboxylic acids is 1. The number of ether oxygens (including phenoxy) is 1. The molecule has 1 aliphatic heterocycles. The zero-order chi connectivity index (χ0) is 14.7. The molecule has 7 nitrogen and oxygen atoms in total. The summed E-state index contributed by atoms with van der Waals surface area (Å²) in [5.74, 6) is 0.326. The van der Waals surface area contributed by atoms with Gasteiger partial charge in [-0.2, -0.15) is 5.21 Å². The van der Waals surface area contributed by atoms with Crippen LogP contribution in [0.3, 0.4) is 0 Å². The summed E-state index contributed by atoms with van der Waals surface area (Å²) < 4.78 is 5.71.